The van der Waals surface area contributed by atoms with E-state index in [2.05, 4.69) is 21.1 Å². The van der Waals surface area contributed by atoms with E-state index in [1.165, 1.54) is 0 Å². The molecule has 4 heterocycles. The Kier molecular flexibility index (Phi) is 6.27. The number of piperidine rings is 1. The second-order valence-electron chi connectivity index (χ2n) is 7.12. The van der Waals surface area contributed by atoms with Gasteiger partial charge in [-0.3, -0.25) is 4.90 Å². The van der Waals surface area contributed by atoms with Crippen LogP contribution >= 0.6 is 0 Å². The minimum Gasteiger partial charge on any atom is -0.475 e. The summed E-state index contributed by atoms with van der Waals surface area (Å²) in [5, 5.41) is 11.1. The Hall–Kier alpha value is -2.40. The molecule has 2 aromatic heterocycles. The van der Waals surface area contributed by atoms with Crippen molar-refractivity contribution in [3.8, 4) is 0 Å². The summed E-state index contributed by atoms with van der Waals surface area (Å²) in [6.45, 7) is 6.38. The SMILES string of the molecule is Cc1noc([C@H]2C[C@H]3OCC[C@H]3N(Cc3ccc(C)o3)C2)n1.O=C(O)C(F)(F)F. The zero-order valence-corrected chi connectivity index (χ0v) is 16.0. The first-order valence-electron chi connectivity index (χ1n) is 9.14. The molecule has 2 aliphatic heterocycles. The van der Waals surface area contributed by atoms with Crippen molar-refractivity contribution in [1.29, 1.82) is 0 Å². The van der Waals surface area contributed by atoms with Crippen molar-refractivity contribution in [1.82, 2.24) is 15.0 Å². The van der Waals surface area contributed by atoms with E-state index in [0.29, 0.717) is 11.9 Å². The van der Waals surface area contributed by atoms with Gasteiger partial charge in [0, 0.05) is 19.2 Å². The molecule has 0 radical (unpaired) electrons. The van der Waals surface area contributed by atoms with Crippen molar-refractivity contribution in [3.05, 3.63) is 35.4 Å². The molecule has 2 saturated heterocycles. The van der Waals surface area contributed by atoms with Gasteiger partial charge in [0.2, 0.25) is 5.89 Å². The van der Waals surface area contributed by atoms with Crippen molar-refractivity contribution in [2.24, 2.45) is 0 Å². The molecule has 0 amide bonds. The highest BCUT2D eigenvalue weighted by Gasteiger charge is 2.42. The number of carbonyl (C=O) groups is 1. The largest absolute Gasteiger partial charge is 0.490 e. The van der Waals surface area contributed by atoms with Gasteiger partial charge in [0.15, 0.2) is 5.82 Å². The number of hydrogen-bond acceptors (Lipinski definition) is 7. The molecule has 2 fully saturated rings. The topological polar surface area (TPSA) is 102 Å². The first-order chi connectivity index (χ1) is 13.6. The van der Waals surface area contributed by atoms with Gasteiger partial charge in [-0.05, 0) is 38.8 Å². The minimum absolute atomic E-state index is 0.233. The maximum Gasteiger partial charge on any atom is 0.490 e. The number of aliphatic carboxylic acids is 1. The predicted octanol–water partition coefficient (Wildman–Crippen LogP) is 3.06. The molecule has 0 aliphatic carbocycles. The number of carboxylic acid groups (broad SMARTS) is 1. The summed E-state index contributed by atoms with van der Waals surface area (Å²) in [4.78, 5) is 15.8. The first-order valence-corrected chi connectivity index (χ1v) is 9.14. The van der Waals surface area contributed by atoms with Crippen LogP contribution in [0.1, 0.15) is 42.0 Å². The van der Waals surface area contributed by atoms with Gasteiger partial charge in [-0.25, -0.2) is 4.79 Å². The standard InChI is InChI=1S/C16H21N3O3.C2HF3O2/c1-10-3-4-13(21-10)9-19-8-12(16-17-11(2)18-22-16)7-15-14(19)5-6-20-15;3-2(4,5)1(6)7/h3-4,12,14-15H,5-9H2,1-2H3;(H,6,7)/t12-,14+,15+;/m0./s1. The van der Waals surface area contributed by atoms with Crippen LogP contribution in [0, 0.1) is 13.8 Å². The number of rotatable bonds is 3. The van der Waals surface area contributed by atoms with Crippen LogP contribution in [0.4, 0.5) is 13.2 Å². The van der Waals surface area contributed by atoms with E-state index in [-0.39, 0.29) is 12.0 Å². The van der Waals surface area contributed by atoms with E-state index >= 15 is 0 Å². The van der Waals surface area contributed by atoms with E-state index in [1.807, 2.05) is 19.9 Å². The third-order valence-electron chi connectivity index (χ3n) is 4.91. The zero-order valence-electron chi connectivity index (χ0n) is 16.0. The molecule has 11 heteroatoms. The average Bonchev–Trinajstić information content (AvgIpc) is 3.35. The number of carboxylic acids is 1. The third kappa shape index (κ3) is 5.36. The van der Waals surface area contributed by atoms with E-state index in [4.69, 9.17) is 23.6 Å². The van der Waals surface area contributed by atoms with Crippen molar-refractivity contribution >= 4 is 5.97 Å². The quantitative estimate of drug-likeness (QED) is 0.813. The molecule has 0 spiro atoms. The van der Waals surface area contributed by atoms with Crippen molar-refractivity contribution in [2.45, 2.75) is 57.5 Å². The Balaban J connectivity index is 0.000000298. The highest BCUT2D eigenvalue weighted by molar-refractivity contribution is 5.73. The molecule has 0 unspecified atom stereocenters. The Bertz CT molecular complexity index is 835. The van der Waals surface area contributed by atoms with Gasteiger partial charge in [-0.2, -0.15) is 18.2 Å². The molecule has 29 heavy (non-hydrogen) atoms. The molecule has 2 aromatic rings. The van der Waals surface area contributed by atoms with Crippen LogP contribution in [-0.2, 0) is 16.1 Å². The maximum absolute atomic E-state index is 10.6. The van der Waals surface area contributed by atoms with Gasteiger partial charge in [0.1, 0.15) is 11.5 Å². The number of hydrogen-bond donors (Lipinski definition) is 1. The second-order valence-corrected chi connectivity index (χ2v) is 7.12. The highest BCUT2D eigenvalue weighted by Crippen LogP contribution is 2.36. The number of likely N-dealkylation sites (tertiary alicyclic amines) is 1. The van der Waals surface area contributed by atoms with Crippen LogP contribution in [-0.4, -0.2) is 57.6 Å². The zero-order chi connectivity index (χ0) is 21.2. The normalized spacial score (nSPS) is 24.7. The summed E-state index contributed by atoms with van der Waals surface area (Å²) < 4.78 is 48.8. The summed E-state index contributed by atoms with van der Waals surface area (Å²) in [6, 6.07) is 4.53. The van der Waals surface area contributed by atoms with Crippen molar-refractivity contribution in [3.63, 3.8) is 0 Å². The van der Waals surface area contributed by atoms with Crippen molar-refractivity contribution in [2.75, 3.05) is 13.2 Å². The lowest BCUT2D eigenvalue weighted by Crippen LogP contribution is -2.48. The predicted molar refractivity (Wildman–Crippen MR) is 92.1 cm³/mol. The fourth-order valence-electron chi connectivity index (χ4n) is 3.66. The van der Waals surface area contributed by atoms with E-state index in [0.717, 1.165) is 49.9 Å². The molecule has 0 aromatic carbocycles. The van der Waals surface area contributed by atoms with Crippen LogP contribution in [0.2, 0.25) is 0 Å². The van der Waals surface area contributed by atoms with Crippen LogP contribution in [0.3, 0.4) is 0 Å². The Labute approximate surface area is 164 Å². The summed E-state index contributed by atoms with van der Waals surface area (Å²) in [5.41, 5.74) is 0. The molecule has 8 nitrogen and oxygen atoms in total. The molecule has 0 saturated carbocycles. The van der Waals surface area contributed by atoms with Crippen LogP contribution < -0.4 is 0 Å². The van der Waals surface area contributed by atoms with Crippen LogP contribution in [0.25, 0.3) is 0 Å². The molecule has 160 valence electrons. The molecule has 2 aliphatic rings. The number of aryl methyl sites for hydroxylation is 2. The molecule has 4 rings (SSSR count). The molecular formula is C18H22F3N3O5. The van der Waals surface area contributed by atoms with Crippen LogP contribution in [0.15, 0.2) is 21.1 Å². The lowest BCUT2D eigenvalue weighted by Gasteiger charge is -2.39. The Morgan fingerprint density at radius 1 is 1.34 bits per heavy atom. The fraction of sp³-hybridized carbons (Fsp3) is 0.611. The van der Waals surface area contributed by atoms with Gasteiger partial charge in [-0.1, -0.05) is 5.16 Å². The van der Waals surface area contributed by atoms with Gasteiger partial charge in [0.05, 0.1) is 18.6 Å². The lowest BCUT2D eigenvalue weighted by molar-refractivity contribution is -0.192. The molecule has 0 bridgehead atoms. The summed E-state index contributed by atoms with van der Waals surface area (Å²) >= 11 is 0. The highest BCUT2D eigenvalue weighted by atomic mass is 19.4. The summed E-state index contributed by atoms with van der Waals surface area (Å²) in [7, 11) is 0. The number of halogens is 3. The van der Waals surface area contributed by atoms with Gasteiger partial charge in [-0.15, -0.1) is 0 Å². The van der Waals surface area contributed by atoms with Gasteiger partial charge < -0.3 is 18.8 Å². The fourth-order valence-corrected chi connectivity index (χ4v) is 3.66. The Morgan fingerprint density at radius 3 is 2.62 bits per heavy atom. The smallest absolute Gasteiger partial charge is 0.475 e. The number of aromatic nitrogens is 2. The molecule has 3 atom stereocenters. The number of alkyl halides is 3. The number of ether oxygens (including phenoxy) is 1. The number of nitrogens with zero attached hydrogens (tertiary/aromatic N) is 3. The van der Waals surface area contributed by atoms with E-state index in [9.17, 15) is 13.2 Å². The Morgan fingerprint density at radius 2 is 2.07 bits per heavy atom. The molecular weight excluding hydrogens is 395 g/mol. The minimum atomic E-state index is -5.08. The molecule has 1 N–H and O–H groups in total. The first kappa shape index (κ1) is 21.3. The third-order valence-corrected chi connectivity index (χ3v) is 4.91. The van der Waals surface area contributed by atoms with Crippen LogP contribution in [0.5, 0.6) is 0 Å². The van der Waals surface area contributed by atoms with Gasteiger partial charge >= 0.3 is 12.1 Å². The number of furan rings is 1. The van der Waals surface area contributed by atoms with E-state index < -0.39 is 12.1 Å². The van der Waals surface area contributed by atoms with E-state index in [1.54, 1.807) is 0 Å². The summed E-state index contributed by atoms with van der Waals surface area (Å²) in [6.07, 6.45) is -2.79. The summed E-state index contributed by atoms with van der Waals surface area (Å²) in [5.74, 6) is 0.856. The lowest BCUT2D eigenvalue weighted by atomic mass is 9.90. The second kappa shape index (κ2) is 8.54. The maximum atomic E-state index is 10.6. The van der Waals surface area contributed by atoms with Crippen molar-refractivity contribution < 1.29 is 36.7 Å². The number of fused-ring (bicyclic) bond motifs is 1. The monoisotopic (exact) mass is 417 g/mol. The average molecular weight is 417 g/mol. The van der Waals surface area contributed by atoms with Gasteiger partial charge in [0.25, 0.3) is 0 Å².